The lowest BCUT2D eigenvalue weighted by molar-refractivity contribution is 0.0515. The zero-order valence-electron chi connectivity index (χ0n) is 11.6. The molecule has 0 aliphatic carbocycles. The van der Waals surface area contributed by atoms with Crippen molar-refractivity contribution in [2.45, 2.75) is 13.8 Å². The standard InChI is InChI=1S/C17H17NO2/c1-13(2)16(14-9-5-3-6-10-14)18-20-17(19)15-11-7-4-8-12-15/h3-13H,1-2H3/b18-16+. The van der Waals surface area contributed by atoms with Crippen molar-refractivity contribution in [2.24, 2.45) is 11.1 Å². The minimum absolute atomic E-state index is 0.168. The molecule has 0 spiro atoms. The molecule has 0 amide bonds. The van der Waals surface area contributed by atoms with Crippen LogP contribution < -0.4 is 0 Å². The van der Waals surface area contributed by atoms with Crippen LogP contribution in [0.2, 0.25) is 0 Å². The van der Waals surface area contributed by atoms with Crippen molar-refractivity contribution in [3.05, 3.63) is 71.8 Å². The molecule has 0 atom stereocenters. The van der Waals surface area contributed by atoms with Crippen LogP contribution in [0, 0.1) is 5.92 Å². The van der Waals surface area contributed by atoms with Crippen molar-refractivity contribution < 1.29 is 9.63 Å². The molecule has 102 valence electrons. The van der Waals surface area contributed by atoms with Crippen molar-refractivity contribution in [2.75, 3.05) is 0 Å². The highest BCUT2D eigenvalue weighted by Crippen LogP contribution is 2.11. The highest BCUT2D eigenvalue weighted by molar-refractivity contribution is 6.02. The topological polar surface area (TPSA) is 38.7 Å². The minimum atomic E-state index is -0.445. The highest BCUT2D eigenvalue weighted by atomic mass is 16.7. The van der Waals surface area contributed by atoms with E-state index < -0.39 is 5.97 Å². The Bertz CT molecular complexity index is 589. The first-order chi connectivity index (χ1) is 9.68. The number of carbonyl (C=O) groups is 1. The van der Waals surface area contributed by atoms with E-state index in [1.807, 2.05) is 50.2 Å². The molecule has 0 fully saturated rings. The van der Waals surface area contributed by atoms with Crippen molar-refractivity contribution in [1.82, 2.24) is 0 Å². The van der Waals surface area contributed by atoms with E-state index in [2.05, 4.69) is 5.16 Å². The maximum absolute atomic E-state index is 11.9. The van der Waals surface area contributed by atoms with E-state index in [1.165, 1.54) is 0 Å². The molecular weight excluding hydrogens is 250 g/mol. The predicted octanol–water partition coefficient (Wildman–Crippen LogP) is 3.90. The molecule has 0 radical (unpaired) electrons. The number of hydrogen-bond acceptors (Lipinski definition) is 3. The second kappa shape index (κ2) is 6.66. The first kappa shape index (κ1) is 14.0. The van der Waals surface area contributed by atoms with Gasteiger partial charge in [0.15, 0.2) is 0 Å². The maximum atomic E-state index is 11.9. The third-order valence-corrected chi connectivity index (χ3v) is 2.85. The van der Waals surface area contributed by atoms with E-state index in [-0.39, 0.29) is 5.92 Å². The van der Waals surface area contributed by atoms with E-state index in [0.717, 1.165) is 11.3 Å². The Labute approximate surface area is 118 Å². The quantitative estimate of drug-likeness (QED) is 0.478. The van der Waals surface area contributed by atoms with Gasteiger partial charge >= 0.3 is 5.97 Å². The Hall–Kier alpha value is -2.42. The average molecular weight is 267 g/mol. The molecule has 0 unspecified atom stereocenters. The molecule has 0 saturated carbocycles. The molecule has 0 aliphatic heterocycles. The van der Waals surface area contributed by atoms with Crippen molar-refractivity contribution >= 4 is 11.7 Å². The van der Waals surface area contributed by atoms with Gasteiger partial charge in [-0.3, -0.25) is 0 Å². The van der Waals surface area contributed by atoms with Crippen LogP contribution in [-0.4, -0.2) is 11.7 Å². The fourth-order valence-corrected chi connectivity index (χ4v) is 1.82. The van der Waals surface area contributed by atoms with Gasteiger partial charge in [-0.15, -0.1) is 0 Å². The van der Waals surface area contributed by atoms with E-state index in [0.29, 0.717) is 5.56 Å². The van der Waals surface area contributed by atoms with Gasteiger partial charge in [0.1, 0.15) is 0 Å². The van der Waals surface area contributed by atoms with Gasteiger partial charge in [-0.05, 0) is 23.6 Å². The van der Waals surface area contributed by atoms with Gasteiger partial charge < -0.3 is 4.84 Å². The number of benzene rings is 2. The van der Waals surface area contributed by atoms with Crippen LogP contribution in [0.15, 0.2) is 65.8 Å². The second-order valence-electron chi connectivity index (χ2n) is 4.74. The lowest BCUT2D eigenvalue weighted by Crippen LogP contribution is -2.12. The van der Waals surface area contributed by atoms with E-state index >= 15 is 0 Å². The molecular formula is C17H17NO2. The first-order valence-corrected chi connectivity index (χ1v) is 6.58. The van der Waals surface area contributed by atoms with Crippen LogP contribution in [-0.2, 0) is 4.84 Å². The second-order valence-corrected chi connectivity index (χ2v) is 4.74. The van der Waals surface area contributed by atoms with Crippen molar-refractivity contribution in [3.63, 3.8) is 0 Å². The summed E-state index contributed by atoms with van der Waals surface area (Å²) in [5, 5.41) is 4.04. The lowest BCUT2D eigenvalue weighted by Gasteiger charge is -2.09. The highest BCUT2D eigenvalue weighted by Gasteiger charge is 2.11. The Morgan fingerprint density at radius 2 is 1.40 bits per heavy atom. The fourth-order valence-electron chi connectivity index (χ4n) is 1.82. The molecule has 0 bridgehead atoms. The largest absolute Gasteiger partial charge is 0.365 e. The smallest absolute Gasteiger partial charge is 0.313 e. The lowest BCUT2D eigenvalue weighted by atomic mass is 10.0. The first-order valence-electron chi connectivity index (χ1n) is 6.58. The maximum Gasteiger partial charge on any atom is 0.365 e. The summed E-state index contributed by atoms with van der Waals surface area (Å²) in [5.74, 6) is -0.277. The van der Waals surface area contributed by atoms with Gasteiger partial charge in [-0.2, -0.15) is 0 Å². The predicted molar refractivity (Wildman–Crippen MR) is 79.7 cm³/mol. The molecule has 0 aromatic heterocycles. The molecule has 3 nitrogen and oxygen atoms in total. The van der Waals surface area contributed by atoms with Gasteiger partial charge in [0.25, 0.3) is 0 Å². The number of carbonyl (C=O) groups excluding carboxylic acids is 1. The number of nitrogens with zero attached hydrogens (tertiary/aromatic N) is 1. The Balaban J connectivity index is 2.17. The number of oxime groups is 1. The zero-order chi connectivity index (χ0) is 14.4. The summed E-state index contributed by atoms with van der Waals surface area (Å²) in [6, 6.07) is 18.6. The average Bonchev–Trinajstić information content (AvgIpc) is 2.49. The Kier molecular flexibility index (Phi) is 4.66. The van der Waals surface area contributed by atoms with Gasteiger partial charge in [0.2, 0.25) is 0 Å². The van der Waals surface area contributed by atoms with Gasteiger partial charge in [-0.1, -0.05) is 67.5 Å². The Morgan fingerprint density at radius 3 is 1.90 bits per heavy atom. The molecule has 0 N–H and O–H groups in total. The molecule has 0 heterocycles. The summed E-state index contributed by atoms with van der Waals surface area (Å²) in [4.78, 5) is 16.9. The molecule has 2 aromatic rings. The van der Waals surface area contributed by atoms with E-state index in [1.54, 1.807) is 24.3 Å². The van der Waals surface area contributed by atoms with Crippen LogP contribution in [0.25, 0.3) is 0 Å². The van der Waals surface area contributed by atoms with Crippen LogP contribution in [0.5, 0.6) is 0 Å². The van der Waals surface area contributed by atoms with E-state index in [4.69, 9.17) is 4.84 Å². The number of hydrogen-bond donors (Lipinski definition) is 0. The van der Waals surface area contributed by atoms with Crippen LogP contribution in [0.1, 0.15) is 29.8 Å². The van der Waals surface area contributed by atoms with E-state index in [9.17, 15) is 4.79 Å². The van der Waals surface area contributed by atoms with Gasteiger partial charge in [-0.25, -0.2) is 4.79 Å². The minimum Gasteiger partial charge on any atom is -0.313 e. The molecule has 3 heteroatoms. The van der Waals surface area contributed by atoms with Gasteiger partial charge in [0, 0.05) is 0 Å². The summed E-state index contributed by atoms with van der Waals surface area (Å²) in [6.45, 7) is 4.03. The molecule has 2 aromatic carbocycles. The van der Waals surface area contributed by atoms with Crippen LogP contribution >= 0.6 is 0 Å². The van der Waals surface area contributed by atoms with Crippen molar-refractivity contribution in [1.29, 1.82) is 0 Å². The monoisotopic (exact) mass is 267 g/mol. The van der Waals surface area contributed by atoms with Crippen molar-refractivity contribution in [3.8, 4) is 0 Å². The third kappa shape index (κ3) is 3.54. The zero-order valence-corrected chi connectivity index (χ0v) is 11.6. The molecule has 20 heavy (non-hydrogen) atoms. The summed E-state index contributed by atoms with van der Waals surface area (Å²) in [7, 11) is 0. The summed E-state index contributed by atoms with van der Waals surface area (Å²) in [6.07, 6.45) is 0. The molecule has 0 saturated heterocycles. The number of rotatable bonds is 4. The van der Waals surface area contributed by atoms with Crippen LogP contribution in [0.4, 0.5) is 0 Å². The fraction of sp³-hybridized carbons (Fsp3) is 0.176. The van der Waals surface area contributed by atoms with Crippen LogP contribution in [0.3, 0.4) is 0 Å². The molecule has 0 aliphatic rings. The summed E-state index contributed by atoms with van der Waals surface area (Å²) in [5.41, 5.74) is 2.21. The van der Waals surface area contributed by atoms with Gasteiger partial charge in [0.05, 0.1) is 11.3 Å². The third-order valence-electron chi connectivity index (χ3n) is 2.85. The molecule has 2 rings (SSSR count). The summed E-state index contributed by atoms with van der Waals surface area (Å²) < 4.78 is 0. The SMILES string of the molecule is CC(C)/C(=N\OC(=O)c1ccccc1)c1ccccc1. The normalized spacial score (nSPS) is 11.4. The Morgan fingerprint density at radius 1 is 0.900 bits per heavy atom. The summed E-state index contributed by atoms with van der Waals surface area (Å²) >= 11 is 0.